The number of carbonyl (C=O) groups is 1. The zero-order chi connectivity index (χ0) is 23.2. The molecule has 0 bridgehead atoms. The van der Waals surface area contributed by atoms with Gasteiger partial charge in [0.2, 0.25) is 0 Å². The van der Waals surface area contributed by atoms with E-state index in [1.807, 2.05) is 66.7 Å². The second-order valence-electron chi connectivity index (χ2n) is 8.10. The second-order valence-corrected chi connectivity index (χ2v) is 8.54. The van der Waals surface area contributed by atoms with E-state index >= 15 is 0 Å². The van der Waals surface area contributed by atoms with Gasteiger partial charge in [-0.15, -0.1) is 0 Å². The smallest absolute Gasteiger partial charge is 0.268 e. The van der Waals surface area contributed by atoms with Gasteiger partial charge in [0, 0.05) is 35.4 Å². The monoisotopic (exact) mass is 459 g/mol. The molecule has 1 amide bonds. The molecule has 4 nitrogen and oxygen atoms in total. The van der Waals surface area contributed by atoms with Crippen LogP contribution in [0.1, 0.15) is 29.9 Å². The maximum atomic E-state index is 13.6. The SMILES string of the molecule is CCN(CC)CCn1c(C(=O)NCc2ccccc2)c2ccc(Cl)cc2c1-c1ccccc1. The van der Waals surface area contributed by atoms with Gasteiger partial charge in [-0.25, -0.2) is 0 Å². The summed E-state index contributed by atoms with van der Waals surface area (Å²) >= 11 is 6.41. The molecule has 0 saturated heterocycles. The minimum Gasteiger partial charge on any atom is -0.347 e. The average Bonchev–Trinajstić information content (AvgIpc) is 3.17. The number of benzene rings is 3. The summed E-state index contributed by atoms with van der Waals surface area (Å²) in [6.07, 6.45) is 0. The number of nitrogens with zero attached hydrogens (tertiary/aromatic N) is 2. The molecule has 3 aromatic carbocycles. The molecule has 0 aliphatic rings. The number of amides is 1. The van der Waals surface area contributed by atoms with Crippen LogP contribution in [-0.2, 0) is 13.1 Å². The highest BCUT2D eigenvalue weighted by molar-refractivity contribution is 6.31. The second kappa shape index (κ2) is 10.7. The molecule has 0 aliphatic heterocycles. The fraction of sp³-hybridized carbons (Fsp3) is 0.250. The van der Waals surface area contributed by atoms with Crippen molar-refractivity contribution in [2.75, 3.05) is 19.6 Å². The standard InChI is InChI=1S/C28H30ClN3O/c1-3-31(4-2)17-18-32-26(22-13-9-6-10-14-22)25-19-23(29)15-16-24(25)27(32)28(33)30-20-21-11-7-5-8-12-21/h5-16,19H,3-4,17-18,20H2,1-2H3,(H,30,33). The zero-order valence-corrected chi connectivity index (χ0v) is 20.0. The van der Waals surface area contributed by atoms with Crippen molar-refractivity contribution in [2.45, 2.75) is 26.9 Å². The quantitative estimate of drug-likeness (QED) is 0.322. The molecule has 1 N–H and O–H groups in total. The number of hydrogen-bond donors (Lipinski definition) is 1. The highest BCUT2D eigenvalue weighted by atomic mass is 35.5. The summed E-state index contributed by atoms with van der Waals surface area (Å²) in [5.74, 6) is -0.0760. The third-order valence-corrected chi connectivity index (χ3v) is 6.36. The van der Waals surface area contributed by atoms with Gasteiger partial charge >= 0.3 is 0 Å². The Bertz CT molecular complexity index is 1210. The average molecular weight is 460 g/mol. The summed E-state index contributed by atoms with van der Waals surface area (Å²) in [6, 6.07) is 26.0. The Balaban J connectivity index is 1.82. The van der Waals surface area contributed by atoms with Gasteiger partial charge in [0.25, 0.3) is 5.91 Å². The van der Waals surface area contributed by atoms with E-state index in [-0.39, 0.29) is 5.91 Å². The fourth-order valence-corrected chi connectivity index (χ4v) is 4.51. The molecule has 0 radical (unpaired) electrons. The Kier molecular flexibility index (Phi) is 7.48. The van der Waals surface area contributed by atoms with Gasteiger partial charge in [-0.05, 0) is 36.3 Å². The van der Waals surface area contributed by atoms with Crippen LogP contribution in [0.4, 0.5) is 0 Å². The molecule has 0 spiro atoms. The van der Waals surface area contributed by atoms with E-state index in [0.29, 0.717) is 23.8 Å². The Morgan fingerprint density at radius 3 is 2.24 bits per heavy atom. The van der Waals surface area contributed by atoms with Crippen LogP contribution in [-0.4, -0.2) is 35.0 Å². The minimum absolute atomic E-state index is 0.0760. The van der Waals surface area contributed by atoms with Crippen LogP contribution in [0.5, 0.6) is 0 Å². The molecule has 4 rings (SSSR count). The third-order valence-electron chi connectivity index (χ3n) is 6.12. The summed E-state index contributed by atoms with van der Waals surface area (Å²) in [7, 11) is 0. The van der Waals surface area contributed by atoms with Crippen molar-refractivity contribution in [2.24, 2.45) is 0 Å². The first kappa shape index (κ1) is 23.1. The van der Waals surface area contributed by atoms with Crippen molar-refractivity contribution in [1.29, 1.82) is 0 Å². The highest BCUT2D eigenvalue weighted by Gasteiger charge is 2.23. The first-order valence-electron chi connectivity index (χ1n) is 11.5. The summed E-state index contributed by atoms with van der Waals surface area (Å²) in [5, 5.41) is 5.72. The van der Waals surface area contributed by atoms with Gasteiger partial charge in [-0.1, -0.05) is 92.2 Å². The van der Waals surface area contributed by atoms with E-state index in [0.717, 1.165) is 47.2 Å². The number of halogens is 1. The Morgan fingerprint density at radius 2 is 1.58 bits per heavy atom. The first-order valence-corrected chi connectivity index (χ1v) is 11.9. The molecular formula is C28H30ClN3O. The van der Waals surface area contributed by atoms with Crippen LogP contribution in [0.2, 0.25) is 5.02 Å². The van der Waals surface area contributed by atoms with Crippen molar-refractivity contribution >= 4 is 28.3 Å². The molecule has 170 valence electrons. The number of fused-ring (bicyclic) bond motifs is 1. The highest BCUT2D eigenvalue weighted by Crippen LogP contribution is 2.36. The molecule has 0 aliphatic carbocycles. The Morgan fingerprint density at radius 1 is 0.909 bits per heavy atom. The first-order chi connectivity index (χ1) is 16.1. The molecular weight excluding hydrogens is 430 g/mol. The molecule has 33 heavy (non-hydrogen) atoms. The third kappa shape index (κ3) is 5.13. The molecule has 1 aromatic heterocycles. The molecule has 0 unspecified atom stereocenters. The maximum absolute atomic E-state index is 13.6. The number of carbonyl (C=O) groups excluding carboxylic acids is 1. The number of hydrogen-bond acceptors (Lipinski definition) is 2. The van der Waals surface area contributed by atoms with E-state index in [4.69, 9.17) is 11.6 Å². The number of rotatable bonds is 9. The Hall–Kier alpha value is -3.08. The lowest BCUT2D eigenvalue weighted by Crippen LogP contribution is -2.30. The molecule has 4 aromatic rings. The van der Waals surface area contributed by atoms with Crippen LogP contribution in [0.3, 0.4) is 0 Å². The Labute approximate surface area is 200 Å². The van der Waals surface area contributed by atoms with E-state index < -0.39 is 0 Å². The molecule has 0 saturated carbocycles. The van der Waals surface area contributed by atoms with Crippen LogP contribution in [0.15, 0.2) is 78.9 Å². The predicted octanol–water partition coefficient (Wildman–Crippen LogP) is 6.23. The van der Waals surface area contributed by atoms with Gasteiger partial charge in [-0.2, -0.15) is 0 Å². The maximum Gasteiger partial charge on any atom is 0.268 e. The molecule has 1 heterocycles. The summed E-state index contributed by atoms with van der Waals surface area (Å²) in [4.78, 5) is 16.0. The summed E-state index contributed by atoms with van der Waals surface area (Å²) < 4.78 is 2.18. The van der Waals surface area contributed by atoms with Crippen molar-refractivity contribution in [3.05, 3.63) is 95.1 Å². The van der Waals surface area contributed by atoms with Gasteiger partial charge < -0.3 is 14.8 Å². The molecule has 5 heteroatoms. The van der Waals surface area contributed by atoms with Gasteiger partial charge in [0.05, 0.1) is 5.69 Å². The van der Waals surface area contributed by atoms with Gasteiger partial charge in [0.15, 0.2) is 0 Å². The lowest BCUT2D eigenvalue weighted by atomic mass is 10.1. The van der Waals surface area contributed by atoms with Gasteiger partial charge in [-0.3, -0.25) is 4.79 Å². The van der Waals surface area contributed by atoms with E-state index in [1.54, 1.807) is 0 Å². The lowest BCUT2D eigenvalue weighted by molar-refractivity contribution is 0.0942. The summed E-state index contributed by atoms with van der Waals surface area (Å²) in [5.41, 5.74) is 3.86. The lowest BCUT2D eigenvalue weighted by Gasteiger charge is -2.21. The summed E-state index contributed by atoms with van der Waals surface area (Å²) in [6.45, 7) is 8.34. The molecule has 0 fully saturated rings. The van der Waals surface area contributed by atoms with Crippen molar-refractivity contribution in [3.63, 3.8) is 0 Å². The van der Waals surface area contributed by atoms with Gasteiger partial charge in [0.1, 0.15) is 5.69 Å². The minimum atomic E-state index is -0.0760. The van der Waals surface area contributed by atoms with Crippen LogP contribution < -0.4 is 5.32 Å². The fourth-order valence-electron chi connectivity index (χ4n) is 4.34. The van der Waals surface area contributed by atoms with Crippen LogP contribution in [0, 0.1) is 0 Å². The number of nitrogens with one attached hydrogen (secondary N) is 1. The predicted molar refractivity (Wildman–Crippen MR) is 138 cm³/mol. The van der Waals surface area contributed by atoms with Crippen molar-refractivity contribution in [3.8, 4) is 11.3 Å². The van der Waals surface area contributed by atoms with Crippen molar-refractivity contribution < 1.29 is 4.79 Å². The van der Waals surface area contributed by atoms with Crippen molar-refractivity contribution in [1.82, 2.24) is 14.8 Å². The topological polar surface area (TPSA) is 37.3 Å². The van der Waals surface area contributed by atoms with Crippen LogP contribution >= 0.6 is 11.6 Å². The zero-order valence-electron chi connectivity index (χ0n) is 19.2. The number of aromatic nitrogens is 1. The largest absolute Gasteiger partial charge is 0.347 e. The van der Waals surface area contributed by atoms with E-state index in [1.165, 1.54) is 0 Å². The number of likely N-dealkylation sites (N-methyl/N-ethyl adjacent to an activating group) is 1. The molecule has 0 atom stereocenters. The normalized spacial score (nSPS) is 11.3. The van der Waals surface area contributed by atoms with Crippen LogP contribution in [0.25, 0.3) is 22.0 Å². The van der Waals surface area contributed by atoms with E-state index in [2.05, 4.69) is 40.8 Å². The van der Waals surface area contributed by atoms with E-state index in [9.17, 15) is 4.79 Å².